The number of halogens is 1. The Morgan fingerprint density at radius 1 is 1.39 bits per heavy atom. The summed E-state index contributed by atoms with van der Waals surface area (Å²) in [6.45, 7) is 7.01. The highest BCUT2D eigenvalue weighted by molar-refractivity contribution is 7.99. The van der Waals surface area contributed by atoms with E-state index >= 15 is 0 Å². The lowest BCUT2D eigenvalue weighted by Crippen LogP contribution is -2.19. The Hall–Kier alpha value is -0.220. The summed E-state index contributed by atoms with van der Waals surface area (Å²) in [5.41, 5.74) is 1.16. The fraction of sp³-hybridized carbons (Fsp3) is 0.571. The van der Waals surface area contributed by atoms with Gasteiger partial charge in [0.05, 0.1) is 6.61 Å². The van der Waals surface area contributed by atoms with Gasteiger partial charge in [-0.15, -0.1) is 11.8 Å². The van der Waals surface area contributed by atoms with Gasteiger partial charge in [0.2, 0.25) is 0 Å². The number of hydrogen-bond acceptors (Lipinski definition) is 3. The average molecular weight is 288 g/mol. The van der Waals surface area contributed by atoms with E-state index in [9.17, 15) is 0 Å². The minimum absolute atomic E-state index is 0.660. The van der Waals surface area contributed by atoms with Crippen LogP contribution in [0.25, 0.3) is 0 Å². The quantitative estimate of drug-likeness (QED) is 0.580. The molecule has 102 valence electrons. The van der Waals surface area contributed by atoms with Gasteiger partial charge in [0.15, 0.2) is 0 Å². The molecule has 0 aliphatic heterocycles. The SMILES string of the molecule is COCCSc1ccc(CNCC(C)C)c(Cl)c1. The molecule has 0 aliphatic rings. The Bertz CT molecular complexity index is 358. The van der Waals surface area contributed by atoms with Crippen molar-refractivity contribution in [1.82, 2.24) is 5.32 Å². The van der Waals surface area contributed by atoms with Crippen LogP contribution in [0.4, 0.5) is 0 Å². The summed E-state index contributed by atoms with van der Waals surface area (Å²) in [6, 6.07) is 6.26. The minimum atomic E-state index is 0.660. The Morgan fingerprint density at radius 3 is 2.78 bits per heavy atom. The Morgan fingerprint density at radius 2 is 2.17 bits per heavy atom. The van der Waals surface area contributed by atoms with E-state index in [0.29, 0.717) is 5.92 Å². The molecule has 0 atom stereocenters. The standard InChI is InChI=1S/C14H22ClNOS/c1-11(2)9-16-10-12-4-5-13(8-14(12)15)18-7-6-17-3/h4-5,8,11,16H,6-7,9-10H2,1-3H3. The van der Waals surface area contributed by atoms with E-state index in [-0.39, 0.29) is 0 Å². The summed E-state index contributed by atoms with van der Waals surface area (Å²) in [5.74, 6) is 1.62. The summed E-state index contributed by atoms with van der Waals surface area (Å²) in [7, 11) is 1.72. The van der Waals surface area contributed by atoms with Crippen LogP contribution in [-0.4, -0.2) is 26.0 Å². The molecule has 0 unspecified atom stereocenters. The third-order valence-corrected chi connectivity index (χ3v) is 3.76. The summed E-state index contributed by atoms with van der Waals surface area (Å²) in [6.07, 6.45) is 0. The van der Waals surface area contributed by atoms with Crippen molar-refractivity contribution in [3.05, 3.63) is 28.8 Å². The number of benzene rings is 1. The number of methoxy groups -OCH3 is 1. The molecule has 18 heavy (non-hydrogen) atoms. The number of ether oxygens (including phenoxy) is 1. The molecule has 0 radical (unpaired) electrons. The highest BCUT2D eigenvalue weighted by atomic mass is 35.5. The van der Waals surface area contributed by atoms with Gasteiger partial charge in [-0.1, -0.05) is 31.5 Å². The number of nitrogens with one attached hydrogen (secondary N) is 1. The molecule has 1 rings (SSSR count). The average Bonchev–Trinajstić information content (AvgIpc) is 2.32. The number of rotatable bonds is 8. The zero-order valence-corrected chi connectivity index (χ0v) is 12.9. The lowest BCUT2D eigenvalue weighted by Gasteiger charge is -2.10. The molecule has 0 spiro atoms. The van der Waals surface area contributed by atoms with Crippen LogP contribution >= 0.6 is 23.4 Å². The highest BCUT2D eigenvalue weighted by Crippen LogP contribution is 2.24. The van der Waals surface area contributed by atoms with Crippen molar-refractivity contribution in [3.63, 3.8) is 0 Å². The Balaban J connectivity index is 2.46. The van der Waals surface area contributed by atoms with Gasteiger partial charge in [-0.05, 0) is 30.2 Å². The second kappa shape index (κ2) is 8.81. The summed E-state index contributed by atoms with van der Waals surface area (Å²) in [5, 5.41) is 4.24. The topological polar surface area (TPSA) is 21.3 Å². The molecule has 2 nitrogen and oxygen atoms in total. The molecule has 4 heteroatoms. The second-order valence-corrected chi connectivity index (χ2v) is 6.19. The molecule has 0 bridgehead atoms. The van der Waals surface area contributed by atoms with Crippen LogP contribution < -0.4 is 5.32 Å². The van der Waals surface area contributed by atoms with Gasteiger partial charge in [-0.25, -0.2) is 0 Å². The van der Waals surface area contributed by atoms with Gasteiger partial charge in [0, 0.05) is 29.3 Å². The third kappa shape index (κ3) is 6.10. The van der Waals surface area contributed by atoms with E-state index in [1.165, 1.54) is 4.90 Å². The highest BCUT2D eigenvalue weighted by Gasteiger charge is 2.03. The van der Waals surface area contributed by atoms with Crippen molar-refractivity contribution in [3.8, 4) is 0 Å². The lowest BCUT2D eigenvalue weighted by atomic mass is 10.2. The zero-order chi connectivity index (χ0) is 13.4. The van der Waals surface area contributed by atoms with E-state index in [2.05, 4.69) is 31.3 Å². The van der Waals surface area contributed by atoms with E-state index in [4.69, 9.17) is 16.3 Å². The lowest BCUT2D eigenvalue weighted by molar-refractivity contribution is 0.218. The van der Waals surface area contributed by atoms with Crippen LogP contribution in [0.5, 0.6) is 0 Å². The molecular formula is C14H22ClNOS. The van der Waals surface area contributed by atoms with Crippen molar-refractivity contribution >= 4 is 23.4 Å². The number of hydrogen-bond donors (Lipinski definition) is 1. The minimum Gasteiger partial charge on any atom is -0.384 e. The van der Waals surface area contributed by atoms with Crippen LogP contribution in [0.2, 0.25) is 5.02 Å². The van der Waals surface area contributed by atoms with Crippen LogP contribution in [0.3, 0.4) is 0 Å². The fourth-order valence-corrected chi connectivity index (χ4v) is 2.66. The first-order valence-corrected chi connectivity index (χ1v) is 7.60. The maximum absolute atomic E-state index is 6.27. The molecule has 0 aromatic heterocycles. The van der Waals surface area contributed by atoms with E-state index in [1.54, 1.807) is 18.9 Å². The molecule has 0 saturated carbocycles. The van der Waals surface area contributed by atoms with E-state index < -0.39 is 0 Å². The fourth-order valence-electron chi connectivity index (χ4n) is 1.50. The third-order valence-electron chi connectivity index (χ3n) is 2.45. The molecule has 1 N–H and O–H groups in total. The maximum atomic E-state index is 6.27. The van der Waals surface area contributed by atoms with Gasteiger partial charge in [0.1, 0.15) is 0 Å². The molecule has 1 aromatic rings. The van der Waals surface area contributed by atoms with Gasteiger partial charge in [0.25, 0.3) is 0 Å². The summed E-state index contributed by atoms with van der Waals surface area (Å²) in [4.78, 5) is 1.20. The predicted molar refractivity (Wildman–Crippen MR) is 80.6 cm³/mol. The predicted octanol–water partition coefficient (Wildman–Crippen LogP) is 3.82. The normalized spacial score (nSPS) is 11.2. The molecule has 0 heterocycles. The molecule has 0 fully saturated rings. The smallest absolute Gasteiger partial charge is 0.0556 e. The van der Waals surface area contributed by atoms with Crippen molar-refractivity contribution < 1.29 is 4.74 Å². The summed E-state index contributed by atoms with van der Waals surface area (Å²) >= 11 is 8.04. The first kappa shape index (κ1) is 15.8. The maximum Gasteiger partial charge on any atom is 0.0556 e. The Labute approximate surface area is 119 Å². The summed E-state index contributed by atoms with van der Waals surface area (Å²) < 4.78 is 5.03. The molecule has 0 amide bonds. The second-order valence-electron chi connectivity index (χ2n) is 4.62. The van der Waals surface area contributed by atoms with Crippen molar-refractivity contribution in [2.75, 3.05) is 26.0 Å². The monoisotopic (exact) mass is 287 g/mol. The van der Waals surface area contributed by atoms with Crippen LogP contribution in [0.1, 0.15) is 19.4 Å². The van der Waals surface area contributed by atoms with Crippen LogP contribution in [0.15, 0.2) is 23.1 Å². The van der Waals surface area contributed by atoms with Crippen molar-refractivity contribution in [2.24, 2.45) is 5.92 Å². The van der Waals surface area contributed by atoms with Crippen molar-refractivity contribution in [2.45, 2.75) is 25.3 Å². The van der Waals surface area contributed by atoms with Crippen molar-refractivity contribution in [1.29, 1.82) is 0 Å². The van der Waals surface area contributed by atoms with E-state index in [1.807, 2.05) is 6.07 Å². The first-order chi connectivity index (χ1) is 8.63. The van der Waals surface area contributed by atoms with Gasteiger partial charge >= 0.3 is 0 Å². The zero-order valence-electron chi connectivity index (χ0n) is 11.3. The molecule has 0 saturated heterocycles. The van der Waals surface area contributed by atoms with Gasteiger partial charge in [-0.3, -0.25) is 0 Å². The number of thioether (sulfide) groups is 1. The molecular weight excluding hydrogens is 266 g/mol. The van der Waals surface area contributed by atoms with Crippen LogP contribution in [-0.2, 0) is 11.3 Å². The van der Waals surface area contributed by atoms with Gasteiger partial charge in [-0.2, -0.15) is 0 Å². The molecule has 0 aliphatic carbocycles. The Kier molecular flexibility index (Phi) is 7.75. The van der Waals surface area contributed by atoms with E-state index in [0.717, 1.165) is 36.0 Å². The van der Waals surface area contributed by atoms with Crippen LogP contribution in [0, 0.1) is 5.92 Å². The molecule has 1 aromatic carbocycles. The van der Waals surface area contributed by atoms with Gasteiger partial charge < -0.3 is 10.1 Å². The first-order valence-electron chi connectivity index (χ1n) is 6.24. The largest absolute Gasteiger partial charge is 0.384 e.